The van der Waals surface area contributed by atoms with Crippen molar-refractivity contribution in [2.75, 3.05) is 0 Å². The number of ketones is 1. The number of rotatable bonds is 12. The van der Waals surface area contributed by atoms with Crippen molar-refractivity contribution in [3.63, 3.8) is 0 Å². The Labute approximate surface area is 204 Å². The zero-order valence-electron chi connectivity index (χ0n) is 19.5. The van der Waals surface area contributed by atoms with Crippen LogP contribution in [0.25, 0.3) is 21.3 Å². The first-order valence-electron chi connectivity index (χ1n) is 12.0. The summed E-state index contributed by atoms with van der Waals surface area (Å²) >= 11 is 1.66. The number of imidazole rings is 1. The van der Waals surface area contributed by atoms with Gasteiger partial charge in [0.05, 0.1) is 24.4 Å². The Morgan fingerprint density at radius 1 is 1.03 bits per heavy atom. The number of aromatic nitrogens is 2. The van der Waals surface area contributed by atoms with Gasteiger partial charge in [-0.1, -0.05) is 68.3 Å². The van der Waals surface area contributed by atoms with Crippen LogP contribution in [0, 0.1) is 0 Å². The van der Waals surface area contributed by atoms with Crippen molar-refractivity contribution in [3.05, 3.63) is 77.6 Å². The number of fused-ring (bicyclic) bond motifs is 1. The van der Waals surface area contributed by atoms with Crippen molar-refractivity contribution in [3.8, 4) is 11.3 Å². The van der Waals surface area contributed by atoms with Crippen LogP contribution in [-0.4, -0.2) is 21.7 Å². The lowest BCUT2D eigenvalue weighted by molar-refractivity contribution is -0.121. The highest BCUT2D eigenvalue weighted by Crippen LogP contribution is 2.26. The van der Waals surface area contributed by atoms with Crippen LogP contribution in [0.3, 0.4) is 0 Å². The first kappa shape index (κ1) is 23.9. The quantitative estimate of drug-likeness (QED) is 0.227. The first-order valence-corrected chi connectivity index (χ1v) is 12.8. The van der Waals surface area contributed by atoms with E-state index in [1.54, 1.807) is 11.3 Å². The second kappa shape index (κ2) is 11.7. The van der Waals surface area contributed by atoms with Gasteiger partial charge in [0.1, 0.15) is 11.6 Å². The Balaban J connectivity index is 1.42. The Morgan fingerprint density at radius 3 is 2.62 bits per heavy atom. The molecule has 5 nitrogen and oxygen atoms in total. The summed E-state index contributed by atoms with van der Waals surface area (Å²) in [6.45, 7) is 1.91. The van der Waals surface area contributed by atoms with E-state index in [9.17, 15) is 9.59 Å². The maximum atomic E-state index is 13.0. The van der Waals surface area contributed by atoms with E-state index in [1.165, 1.54) is 10.1 Å². The number of amides is 1. The molecule has 0 saturated heterocycles. The van der Waals surface area contributed by atoms with Gasteiger partial charge in [0.25, 0.3) is 0 Å². The van der Waals surface area contributed by atoms with Crippen molar-refractivity contribution in [1.82, 2.24) is 15.3 Å². The highest BCUT2D eigenvalue weighted by atomic mass is 32.1. The lowest BCUT2D eigenvalue weighted by Gasteiger charge is -2.17. The van der Waals surface area contributed by atoms with Crippen molar-refractivity contribution < 1.29 is 9.59 Å². The van der Waals surface area contributed by atoms with Crippen LogP contribution in [0.5, 0.6) is 0 Å². The SMILES string of the molecule is CCC(=O)CCCCC[C@H](NC(=O)Cc1cc2ccccc2s1)c1ncc(-c2ccccc2)[nH]1. The molecular weight excluding hydrogens is 442 g/mol. The van der Waals surface area contributed by atoms with E-state index in [0.29, 0.717) is 25.0 Å². The number of aromatic amines is 1. The van der Waals surface area contributed by atoms with E-state index in [2.05, 4.69) is 33.5 Å². The molecule has 0 unspecified atom stereocenters. The second-order valence-electron chi connectivity index (χ2n) is 8.59. The summed E-state index contributed by atoms with van der Waals surface area (Å²) in [5.74, 6) is 1.08. The minimum absolute atomic E-state index is 0.00428. The van der Waals surface area contributed by atoms with Gasteiger partial charge in [0, 0.05) is 22.4 Å². The fraction of sp³-hybridized carbons (Fsp3) is 0.321. The minimum atomic E-state index is -0.193. The predicted molar refractivity (Wildman–Crippen MR) is 139 cm³/mol. The van der Waals surface area contributed by atoms with Gasteiger partial charge in [0.2, 0.25) is 5.91 Å². The van der Waals surface area contributed by atoms with Gasteiger partial charge >= 0.3 is 0 Å². The molecule has 34 heavy (non-hydrogen) atoms. The Hall–Kier alpha value is -3.25. The molecule has 0 bridgehead atoms. The van der Waals surface area contributed by atoms with E-state index in [1.807, 2.05) is 55.6 Å². The van der Waals surface area contributed by atoms with E-state index in [4.69, 9.17) is 0 Å². The van der Waals surface area contributed by atoms with Gasteiger partial charge in [-0.15, -0.1) is 11.3 Å². The van der Waals surface area contributed by atoms with Crippen LogP contribution < -0.4 is 5.32 Å². The number of benzene rings is 2. The molecule has 0 aliphatic heterocycles. The fourth-order valence-corrected chi connectivity index (χ4v) is 5.17. The molecule has 2 aromatic carbocycles. The molecule has 0 aliphatic carbocycles. The molecule has 0 saturated carbocycles. The zero-order valence-corrected chi connectivity index (χ0v) is 20.4. The molecule has 2 aromatic heterocycles. The lowest BCUT2D eigenvalue weighted by atomic mass is 10.0. The summed E-state index contributed by atoms with van der Waals surface area (Å²) in [6.07, 6.45) is 6.97. The van der Waals surface area contributed by atoms with Crippen LogP contribution in [0.4, 0.5) is 0 Å². The molecule has 0 spiro atoms. The standard InChI is InChI=1S/C28H31N3O2S/c1-2-22(32)14-7-4-8-15-24(28-29-19-25(31-28)20-11-5-3-6-12-20)30-27(33)18-23-17-21-13-9-10-16-26(21)34-23/h3,5-6,9-13,16-17,19,24H,2,4,7-8,14-15,18H2,1H3,(H,29,31)(H,30,33)/t24-/m0/s1. The molecule has 0 fully saturated rings. The van der Waals surface area contributed by atoms with Crippen LogP contribution in [0.2, 0.25) is 0 Å². The van der Waals surface area contributed by atoms with E-state index >= 15 is 0 Å². The molecule has 4 aromatic rings. The smallest absolute Gasteiger partial charge is 0.225 e. The molecular formula is C28H31N3O2S. The van der Waals surface area contributed by atoms with Crippen LogP contribution in [0.15, 0.2) is 66.9 Å². The number of thiophene rings is 1. The molecule has 1 atom stereocenters. The third-order valence-electron chi connectivity index (χ3n) is 6.00. The molecule has 0 aliphatic rings. The van der Waals surface area contributed by atoms with E-state index in [0.717, 1.165) is 47.6 Å². The third-order valence-corrected chi connectivity index (χ3v) is 7.12. The third kappa shape index (κ3) is 6.41. The highest BCUT2D eigenvalue weighted by Gasteiger charge is 2.19. The summed E-state index contributed by atoms with van der Waals surface area (Å²) in [7, 11) is 0. The average Bonchev–Trinajstić information content (AvgIpc) is 3.50. The van der Waals surface area contributed by atoms with E-state index < -0.39 is 0 Å². The molecule has 176 valence electrons. The fourth-order valence-electron chi connectivity index (χ4n) is 4.11. The van der Waals surface area contributed by atoms with Gasteiger partial charge in [-0.2, -0.15) is 0 Å². The number of unbranched alkanes of at least 4 members (excludes halogenated alkanes) is 2. The van der Waals surface area contributed by atoms with Crippen molar-refractivity contribution in [2.24, 2.45) is 0 Å². The van der Waals surface area contributed by atoms with Crippen molar-refractivity contribution in [2.45, 2.75) is 57.9 Å². The van der Waals surface area contributed by atoms with E-state index in [-0.39, 0.29) is 11.9 Å². The lowest BCUT2D eigenvalue weighted by Crippen LogP contribution is -2.30. The number of H-pyrrole nitrogens is 1. The number of nitrogens with one attached hydrogen (secondary N) is 2. The number of carbonyl (C=O) groups is 2. The zero-order chi connectivity index (χ0) is 23.8. The Kier molecular flexibility index (Phi) is 8.26. The topological polar surface area (TPSA) is 74.8 Å². The maximum absolute atomic E-state index is 13.0. The number of hydrogen-bond donors (Lipinski definition) is 2. The molecule has 1 amide bonds. The molecule has 2 heterocycles. The normalized spacial score (nSPS) is 12.0. The summed E-state index contributed by atoms with van der Waals surface area (Å²) in [4.78, 5) is 33.6. The Bertz CT molecular complexity index is 1200. The molecule has 2 N–H and O–H groups in total. The second-order valence-corrected chi connectivity index (χ2v) is 9.76. The number of Topliss-reactive ketones (excluding diaryl/α,β-unsaturated/α-hetero) is 1. The van der Waals surface area contributed by atoms with Crippen LogP contribution in [-0.2, 0) is 16.0 Å². The van der Waals surface area contributed by atoms with Gasteiger partial charge in [-0.3, -0.25) is 9.59 Å². The van der Waals surface area contributed by atoms with Crippen LogP contribution in [0.1, 0.15) is 62.2 Å². The first-order chi connectivity index (χ1) is 16.6. The predicted octanol–water partition coefficient (Wildman–Crippen LogP) is 6.62. The van der Waals surface area contributed by atoms with Gasteiger partial charge in [-0.25, -0.2) is 4.98 Å². The molecule has 6 heteroatoms. The summed E-state index contributed by atoms with van der Waals surface area (Å²) < 4.78 is 1.20. The molecule has 4 rings (SSSR count). The maximum Gasteiger partial charge on any atom is 0.225 e. The number of carbonyl (C=O) groups excluding carboxylic acids is 2. The highest BCUT2D eigenvalue weighted by molar-refractivity contribution is 7.19. The Morgan fingerprint density at radius 2 is 1.82 bits per heavy atom. The summed E-state index contributed by atoms with van der Waals surface area (Å²) in [5, 5.41) is 4.38. The summed E-state index contributed by atoms with van der Waals surface area (Å²) in [5.41, 5.74) is 2.00. The van der Waals surface area contributed by atoms with Crippen molar-refractivity contribution >= 4 is 33.1 Å². The average molecular weight is 474 g/mol. The minimum Gasteiger partial charge on any atom is -0.346 e. The van der Waals surface area contributed by atoms with Crippen LogP contribution >= 0.6 is 11.3 Å². The molecule has 0 radical (unpaired) electrons. The van der Waals surface area contributed by atoms with Gasteiger partial charge < -0.3 is 10.3 Å². The number of hydrogen-bond acceptors (Lipinski definition) is 4. The summed E-state index contributed by atoms with van der Waals surface area (Å²) in [6, 6.07) is 20.2. The number of nitrogens with zero attached hydrogens (tertiary/aromatic N) is 1. The van der Waals surface area contributed by atoms with Crippen molar-refractivity contribution in [1.29, 1.82) is 0 Å². The monoisotopic (exact) mass is 473 g/mol. The van der Waals surface area contributed by atoms with Gasteiger partial charge in [0.15, 0.2) is 0 Å². The largest absolute Gasteiger partial charge is 0.346 e. The van der Waals surface area contributed by atoms with Gasteiger partial charge in [-0.05, 0) is 35.9 Å².